The van der Waals surface area contributed by atoms with E-state index < -0.39 is 0 Å². The molecular formula is C34H20N2O. The lowest BCUT2D eigenvalue weighted by Crippen LogP contribution is -1.99. The fourth-order valence-electron chi connectivity index (χ4n) is 5.54. The molecule has 0 amide bonds. The van der Waals surface area contributed by atoms with E-state index in [1.165, 1.54) is 11.1 Å². The summed E-state index contributed by atoms with van der Waals surface area (Å²) in [5, 5.41) is 4.44. The summed E-state index contributed by atoms with van der Waals surface area (Å²) < 4.78 is 6.50. The molecule has 172 valence electrons. The first kappa shape index (κ1) is 20.2. The van der Waals surface area contributed by atoms with Crippen LogP contribution in [-0.2, 0) is 0 Å². The van der Waals surface area contributed by atoms with E-state index in [0.29, 0.717) is 0 Å². The van der Waals surface area contributed by atoms with Crippen LogP contribution in [0.4, 0.5) is 0 Å². The molecule has 3 heteroatoms. The number of rotatable bonds is 2. The van der Waals surface area contributed by atoms with Gasteiger partial charge in [-0.05, 0) is 58.5 Å². The molecule has 0 unspecified atom stereocenters. The van der Waals surface area contributed by atoms with Crippen LogP contribution in [0.5, 0.6) is 11.5 Å². The number of pyridine rings is 2. The topological polar surface area (TPSA) is 35.0 Å². The molecule has 1 aliphatic rings. The van der Waals surface area contributed by atoms with E-state index in [1.807, 2.05) is 18.3 Å². The van der Waals surface area contributed by atoms with Crippen molar-refractivity contribution in [3.63, 3.8) is 0 Å². The van der Waals surface area contributed by atoms with Gasteiger partial charge in [-0.1, -0.05) is 78.9 Å². The first-order chi connectivity index (χ1) is 18.3. The van der Waals surface area contributed by atoms with Gasteiger partial charge in [-0.2, -0.15) is 0 Å². The van der Waals surface area contributed by atoms with Crippen molar-refractivity contribution in [1.82, 2.24) is 9.97 Å². The molecule has 0 saturated carbocycles. The molecule has 5 aromatic carbocycles. The van der Waals surface area contributed by atoms with Gasteiger partial charge in [0, 0.05) is 33.5 Å². The summed E-state index contributed by atoms with van der Waals surface area (Å²) in [5.74, 6) is 1.76. The lowest BCUT2D eigenvalue weighted by atomic mass is 9.90. The monoisotopic (exact) mass is 472 g/mol. The number of hydrogen-bond donors (Lipinski definition) is 0. The van der Waals surface area contributed by atoms with Crippen molar-refractivity contribution in [3.05, 3.63) is 121 Å². The minimum absolute atomic E-state index is 0.875. The summed E-state index contributed by atoms with van der Waals surface area (Å²) in [6, 6.07) is 40.1. The van der Waals surface area contributed by atoms with Crippen LogP contribution in [0, 0.1) is 0 Å². The zero-order valence-electron chi connectivity index (χ0n) is 19.8. The van der Waals surface area contributed by atoms with Crippen molar-refractivity contribution >= 4 is 32.6 Å². The molecule has 0 N–H and O–H groups in total. The summed E-state index contributed by atoms with van der Waals surface area (Å²) in [6.07, 6.45) is 1.83. The molecule has 2 aromatic heterocycles. The van der Waals surface area contributed by atoms with E-state index in [2.05, 4.69) is 108 Å². The Hall–Kier alpha value is -5.02. The summed E-state index contributed by atoms with van der Waals surface area (Å²) in [7, 11) is 0. The van der Waals surface area contributed by atoms with E-state index in [0.717, 1.165) is 66.5 Å². The van der Waals surface area contributed by atoms with Gasteiger partial charge in [0.1, 0.15) is 11.5 Å². The fraction of sp³-hybridized carbons (Fsp3) is 0. The standard InChI is InChI=1S/C34H20N2O/c1-2-6-21(7-3-1)24-13-15-26-28-10-4-9-27-25(16-18-30(32(27)28)37-31(26)20-24)29-17-14-23-12-11-22-8-5-19-35-33(22)34(23)36-29/h1-20H. The maximum Gasteiger partial charge on any atom is 0.135 e. The van der Waals surface area contributed by atoms with Crippen molar-refractivity contribution in [1.29, 1.82) is 0 Å². The quantitative estimate of drug-likeness (QED) is 0.235. The molecular weight excluding hydrogens is 452 g/mol. The van der Waals surface area contributed by atoms with Gasteiger partial charge in [0.05, 0.1) is 16.7 Å². The second-order valence-corrected chi connectivity index (χ2v) is 9.43. The normalized spacial score (nSPS) is 12.0. The largest absolute Gasteiger partial charge is 0.456 e. The Balaban J connectivity index is 1.32. The summed E-state index contributed by atoms with van der Waals surface area (Å²) in [4.78, 5) is 9.74. The molecule has 0 saturated heterocycles. The highest BCUT2D eigenvalue weighted by Crippen LogP contribution is 2.49. The molecule has 37 heavy (non-hydrogen) atoms. The molecule has 8 rings (SSSR count). The van der Waals surface area contributed by atoms with Crippen LogP contribution in [0.2, 0.25) is 0 Å². The third kappa shape index (κ3) is 3.08. The van der Waals surface area contributed by atoms with Crippen molar-refractivity contribution in [2.45, 2.75) is 0 Å². The molecule has 3 heterocycles. The Morgan fingerprint density at radius 2 is 1.35 bits per heavy atom. The Labute approximate surface area is 213 Å². The Bertz CT molecular complexity index is 2010. The van der Waals surface area contributed by atoms with E-state index >= 15 is 0 Å². The SMILES string of the molecule is c1ccc(-c2ccc3c(c2)Oc2ccc(-c4ccc5ccc6cccnc6c5n4)c4cccc-3c24)cc1. The third-order valence-corrected chi connectivity index (χ3v) is 7.31. The molecule has 0 fully saturated rings. The fourth-order valence-corrected chi connectivity index (χ4v) is 5.54. The maximum atomic E-state index is 6.50. The zero-order valence-corrected chi connectivity index (χ0v) is 19.8. The second kappa shape index (κ2) is 7.74. The van der Waals surface area contributed by atoms with E-state index in [-0.39, 0.29) is 0 Å². The Kier molecular flexibility index (Phi) is 4.23. The Morgan fingerprint density at radius 3 is 2.27 bits per heavy atom. The minimum Gasteiger partial charge on any atom is -0.456 e. The average molecular weight is 473 g/mol. The van der Waals surface area contributed by atoms with Gasteiger partial charge in [0.25, 0.3) is 0 Å². The molecule has 1 aliphatic heterocycles. The van der Waals surface area contributed by atoms with Crippen LogP contribution >= 0.6 is 0 Å². The lowest BCUT2D eigenvalue weighted by molar-refractivity contribution is 0.487. The predicted molar refractivity (Wildman–Crippen MR) is 151 cm³/mol. The molecule has 0 bridgehead atoms. The van der Waals surface area contributed by atoms with Crippen LogP contribution in [0.1, 0.15) is 0 Å². The van der Waals surface area contributed by atoms with Crippen molar-refractivity contribution in [2.75, 3.05) is 0 Å². The number of nitrogens with zero attached hydrogens (tertiary/aromatic N) is 2. The van der Waals surface area contributed by atoms with Gasteiger partial charge in [-0.15, -0.1) is 0 Å². The molecule has 0 aliphatic carbocycles. The number of ether oxygens (including phenoxy) is 1. The first-order valence-corrected chi connectivity index (χ1v) is 12.4. The number of fused-ring (bicyclic) bond motifs is 5. The maximum absolute atomic E-state index is 6.50. The zero-order chi connectivity index (χ0) is 24.3. The average Bonchev–Trinajstić information content (AvgIpc) is 2.97. The third-order valence-electron chi connectivity index (χ3n) is 7.31. The van der Waals surface area contributed by atoms with Gasteiger partial charge < -0.3 is 4.74 Å². The van der Waals surface area contributed by atoms with Crippen LogP contribution in [-0.4, -0.2) is 9.97 Å². The van der Waals surface area contributed by atoms with Crippen LogP contribution < -0.4 is 4.74 Å². The summed E-state index contributed by atoms with van der Waals surface area (Å²) >= 11 is 0. The van der Waals surface area contributed by atoms with Gasteiger partial charge in [-0.3, -0.25) is 4.98 Å². The van der Waals surface area contributed by atoms with Gasteiger partial charge >= 0.3 is 0 Å². The second-order valence-electron chi connectivity index (χ2n) is 9.43. The summed E-state index contributed by atoms with van der Waals surface area (Å²) in [6.45, 7) is 0. The smallest absolute Gasteiger partial charge is 0.135 e. The van der Waals surface area contributed by atoms with Crippen LogP contribution in [0.25, 0.3) is 66.1 Å². The predicted octanol–water partition coefficient (Wildman–Crippen LogP) is 9.04. The van der Waals surface area contributed by atoms with Gasteiger partial charge in [-0.25, -0.2) is 4.98 Å². The number of aromatic nitrogens is 2. The van der Waals surface area contributed by atoms with Gasteiger partial charge in [0.15, 0.2) is 0 Å². The molecule has 3 nitrogen and oxygen atoms in total. The highest BCUT2D eigenvalue weighted by molar-refractivity contribution is 6.10. The number of benzene rings is 5. The molecule has 0 atom stereocenters. The highest BCUT2D eigenvalue weighted by Gasteiger charge is 2.22. The molecule has 0 spiro atoms. The van der Waals surface area contributed by atoms with Gasteiger partial charge in [0.2, 0.25) is 0 Å². The van der Waals surface area contributed by atoms with E-state index in [1.54, 1.807) is 0 Å². The summed E-state index contributed by atoms with van der Waals surface area (Å²) in [5.41, 5.74) is 8.48. The molecule has 7 aromatic rings. The van der Waals surface area contributed by atoms with Crippen molar-refractivity contribution in [2.24, 2.45) is 0 Å². The van der Waals surface area contributed by atoms with Crippen LogP contribution in [0.15, 0.2) is 121 Å². The first-order valence-electron chi connectivity index (χ1n) is 12.4. The lowest BCUT2D eigenvalue weighted by Gasteiger charge is -2.23. The minimum atomic E-state index is 0.875. The molecule has 0 radical (unpaired) electrons. The Morgan fingerprint density at radius 1 is 0.514 bits per heavy atom. The van der Waals surface area contributed by atoms with E-state index in [9.17, 15) is 0 Å². The van der Waals surface area contributed by atoms with E-state index in [4.69, 9.17) is 9.72 Å². The van der Waals surface area contributed by atoms with Crippen molar-refractivity contribution in [3.8, 4) is 45.0 Å². The highest BCUT2D eigenvalue weighted by atomic mass is 16.5. The van der Waals surface area contributed by atoms with Crippen LogP contribution in [0.3, 0.4) is 0 Å². The number of hydrogen-bond acceptors (Lipinski definition) is 3. The van der Waals surface area contributed by atoms with Crippen molar-refractivity contribution < 1.29 is 4.74 Å².